The Morgan fingerprint density at radius 1 is 1.05 bits per heavy atom. The fraction of sp³-hybridized carbons (Fsp3) is 0.222. The Balaban J connectivity index is 2.26. The Morgan fingerprint density at radius 2 is 1.71 bits per heavy atom. The minimum absolute atomic E-state index is 0.264. The minimum Gasteiger partial charge on any atom is -0.390 e. The summed E-state index contributed by atoms with van der Waals surface area (Å²) in [5.41, 5.74) is 10.3. The van der Waals surface area contributed by atoms with Gasteiger partial charge in [0, 0.05) is 17.4 Å². The first kappa shape index (κ1) is 13.9. The summed E-state index contributed by atoms with van der Waals surface area (Å²) < 4.78 is 2.18. The molecule has 3 nitrogen and oxygen atoms in total. The van der Waals surface area contributed by atoms with Gasteiger partial charge < -0.3 is 15.4 Å². The first-order valence-corrected chi connectivity index (χ1v) is 7.23. The molecule has 0 aliphatic rings. The highest BCUT2D eigenvalue weighted by Gasteiger charge is 2.16. The summed E-state index contributed by atoms with van der Waals surface area (Å²) in [5.74, 6) is 0. The van der Waals surface area contributed by atoms with E-state index in [1.165, 1.54) is 10.9 Å². The second-order valence-corrected chi connectivity index (χ2v) is 5.36. The molecule has 3 N–H and O–H groups in total. The van der Waals surface area contributed by atoms with Gasteiger partial charge >= 0.3 is 0 Å². The predicted molar refractivity (Wildman–Crippen MR) is 87.2 cm³/mol. The van der Waals surface area contributed by atoms with Crippen molar-refractivity contribution < 1.29 is 5.11 Å². The van der Waals surface area contributed by atoms with Gasteiger partial charge in [0.25, 0.3) is 0 Å². The second-order valence-electron chi connectivity index (χ2n) is 5.36. The van der Waals surface area contributed by atoms with E-state index in [0.29, 0.717) is 6.54 Å². The molecule has 0 saturated carbocycles. The summed E-state index contributed by atoms with van der Waals surface area (Å²) in [4.78, 5) is 0. The van der Waals surface area contributed by atoms with Gasteiger partial charge in [-0.05, 0) is 24.1 Å². The molecule has 3 heteroatoms. The van der Waals surface area contributed by atoms with E-state index in [2.05, 4.69) is 35.8 Å². The summed E-state index contributed by atoms with van der Waals surface area (Å²) in [6.45, 7) is 2.91. The molecule has 108 valence electrons. The van der Waals surface area contributed by atoms with Crippen LogP contribution in [0.3, 0.4) is 0 Å². The Bertz CT molecular complexity index is 747. The monoisotopic (exact) mass is 280 g/mol. The maximum Gasteiger partial charge on any atom is 0.0841 e. The number of aliphatic hydroxyl groups excluding tert-OH is 1. The van der Waals surface area contributed by atoms with Gasteiger partial charge in [0.05, 0.1) is 18.3 Å². The van der Waals surface area contributed by atoms with Gasteiger partial charge in [-0.15, -0.1) is 0 Å². The van der Waals surface area contributed by atoms with E-state index in [-0.39, 0.29) is 6.54 Å². The van der Waals surface area contributed by atoms with E-state index in [1.54, 1.807) is 0 Å². The Hall–Kier alpha value is -2.10. The highest BCUT2D eigenvalue weighted by Crippen LogP contribution is 2.33. The fourth-order valence-electron chi connectivity index (χ4n) is 2.92. The second kappa shape index (κ2) is 5.72. The topological polar surface area (TPSA) is 51.2 Å². The average Bonchev–Trinajstić information content (AvgIpc) is 2.81. The van der Waals surface area contributed by atoms with Crippen LogP contribution in [-0.4, -0.2) is 22.3 Å². The summed E-state index contributed by atoms with van der Waals surface area (Å²) in [6.07, 6.45) is -0.539. The van der Waals surface area contributed by atoms with E-state index in [4.69, 9.17) is 5.73 Å². The highest BCUT2D eigenvalue weighted by molar-refractivity contribution is 5.91. The lowest BCUT2D eigenvalue weighted by Gasteiger charge is -2.15. The molecule has 0 aliphatic carbocycles. The van der Waals surface area contributed by atoms with Crippen molar-refractivity contribution in [1.29, 1.82) is 0 Å². The number of rotatable bonds is 4. The first-order valence-electron chi connectivity index (χ1n) is 7.23. The maximum atomic E-state index is 10.0. The number of hydrogen-bond donors (Lipinski definition) is 2. The summed E-state index contributed by atoms with van der Waals surface area (Å²) in [5, 5.41) is 11.2. The molecule has 0 bridgehead atoms. The molecule has 0 amide bonds. The molecule has 0 radical (unpaired) electrons. The number of nitrogens with two attached hydrogens (primary N) is 1. The molecule has 0 fully saturated rings. The third-order valence-corrected chi connectivity index (χ3v) is 3.94. The number of para-hydroxylation sites is 1. The van der Waals surface area contributed by atoms with Gasteiger partial charge in [-0.3, -0.25) is 0 Å². The average molecular weight is 280 g/mol. The number of fused-ring (bicyclic) bond motifs is 1. The smallest absolute Gasteiger partial charge is 0.0841 e. The van der Waals surface area contributed by atoms with Crippen molar-refractivity contribution in [2.75, 3.05) is 6.54 Å². The lowest BCUT2D eigenvalue weighted by molar-refractivity contribution is 0.164. The van der Waals surface area contributed by atoms with Crippen LogP contribution in [0.4, 0.5) is 0 Å². The highest BCUT2D eigenvalue weighted by atomic mass is 16.3. The van der Waals surface area contributed by atoms with Crippen molar-refractivity contribution in [3.05, 3.63) is 60.2 Å². The van der Waals surface area contributed by atoms with Crippen molar-refractivity contribution in [1.82, 2.24) is 4.57 Å². The minimum atomic E-state index is -0.539. The van der Waals surface area contributed by atoms with Gasteiger partial charge in [0.2, 0.25) is 0 Å². The SMILES string of the molecule is Cc1c(-c2ccccc2)n(C[C@@H](O)CN)c2ccccc12. The van der Waals surface area contributed by atoms with Crippen LogP contribution in [0.5, 0.6) is 0 Å². The molecular weight excluding hydrogens is 260 g/mol. The van der Waals surface area contributed by atoms with E-state index < -0.39 is 6.10 Å². The first-order chi connectivity index (χ1) is 10.2. The summed E-state index contributed by atoms with van der Waals surface area (Å²) >= 11 is 0. The fourth-order valence-corrected chi connectivity index (χ4v) is 2.92. The molecule has 0 aliphatic heterocycles. The molecule has 0 unspecified atom stereocenters. The lowest BCUT2D eigenvalue weighted by Crippen LogP contribution is -2.25. The van der Waals surface area contributed by atoms with Crippen LogP contribution >= 0.6 is 0 Å². The number of benzene rings is 2. The molecule has 3 aromatic rings. The van der Waals surface area contributed by atoms with Crippen LogP contribution in [0.25, 0.3) is 22.2 Å². The van der Waals surface area contributed by atoms with Crippen LogP contribution in [0.2, 0.25) is 0 Å². The Morgan fingerprint density at radius 3 is 2.43 bits per heavy atom. The summed E-state index contributed by atoms with van der Waals surface area (Å²) in [7, 11) is 0. The maximum absolute atomic E-state index is 10.0. The third kappa shape index (κ3) is 2.46. The number of hydrogen-bond acceptors (Lipinski definition) is 2. The number of aliphatic hydroxyl groups is 1. The van der Waals surface area contributed by atoms with Crippen LogP contribution in [-0.2, 0) is 6.54 Å². The normalized spacial score (nSPS) is 12.7. The van der Waals surface area contributed by atoms with Crippen molar-refractivity contribution in [2.45, 2.75) is 19.6 Å². The Kier molecular flexibility index (Phi) is 3.78. The number of aromatic nitrogens is 1. The molecule has 1 atom stereocenters. The molecule has 1 aromatic heterocycles. The van der Waals surface area contributed by atoms with Crippen molar-refractivity contribution in [3.63, 3.8) is 0 Å². The molecular formula is C18H20N2O. The van der Waals surface area contributed by atoms with Crippen LogP contribution in [0.15, 0.2) is 54.6 Å². The summed E-state index contributed by atoms with van der Waals surface area (Å²) in [6, 6.07) is 18.6. The van der Waals surface area contributed by atoms with E-state index in [1.807, 2.05) is 30.3 Å². The molecule has 2 aromatic carbocycles. The van der Waals surface area contributed by atoms with Gasteiger partial charge in [0.1, 0.15) is 0 Å². The zero-order chi connectivity index (χ0) is 14.8. The Labute approximate surface area is 124 Å². The molecule has 0 spiro atoms. The van der Waals surface area contributed by atoms with Gasteiger partial charge in [-0.25, -0.2) is 0 Å². The zero-order valence-electron chi connectivity index (χ0n) is 12.2. The van der Waals surface area contributed by atoms with Crippen molar-refractivity contribution in [3.8, 4) is 11.3 Å². The third-order valence-electron chi connectivity index (χ3n) is 3.94. The van der Waals surface area contributed by atoms with E-state index in [9.17, 15) is 5.11 Å². The van der Waals surface area contributed by atoms with E-state index in [0.717, 1.165) is 16.8 Å². The van der Waals surface area contributed by atoms with Crippen molar-refractivity contribution >= 4 is 10.9 Å². The van der Waals surface area contributed by atoms with Crippen LogP contribution in [0.1, 0.15) is 5.56 Å². The number of nitrogens with zero attached hydrogens (tertiary/aromatic N) is 1. The molecule has 21 heavy (non-hydrogen) atoms. The predicted octanol–water partition coefficient (Wildman–Crippen LogP) is 2.94. The van der Waals surface area contributed by atoms with Gasteiger partial charge in [0.15, 0.2) is 0 Å². The van der Waals surface area contributed by atoms with Crippen molar-refractivity contribution in [2.24, 2.45) is 5.73 Å². The largest absolute Gasteiger partial charge is 0.390 e. The van der Waals surface area contributed by atoms with Gasteiger partial charge in [-0.2, -0.15) is 0 Å². The zero-order valence-corrected chi connectivity index (χ0v) is 12.2. The number of aryl methyl sites for hydroxylation is 1. The molecule has 0 saturated heterocycles. The van der Waals surface area contributed by atoms with Crippen LogP contribution in [0, 0.1) is 6.92 Å². The van der Waals surface area contributed by atoms with Gasteiger partial charge in [-0.1, -0.05) is 48.5 Å². The van der Waals surface area contributed by atoms with Crippen LogP contribution < -0.4 is 5.73 Å². The molecule has 1 heterocycles. The van der Waals surface area contributed by atoms with E-state index >= 15 is 0 Å². The molecule has 3 rings (SSSR count). The quantitative estimate of drug-likeness (QED) is 0.772. The lowest BCUT2D eigenvalue weighted by atomic mass is 10.1. The standard InChI is InChI=1S/C18H20N2O/c1-13-16-9-5-6-10-17(16)20(12-15(21)11-19)18(13)14-7-3-2-4-8-14/h2-10,15,21H,11-12,19H2,1H3/t15-/m0/s1.